The van der Waals surface area contributed by atoms with Gasteiger partial charge in [-0.15, -0.1) is 0 Å². The highest BCUT2D eigenvalue weighted by molar-refractivity contribution is 9.10. The Morgan fingerprint density at radius 3 is 2.39 bits per heavy atom. The van der Waals surface area contributed by atoms with Crippen LogP contribution in [0, 0.1) is 5.82 Å². The molecule has 0 saturated heterocycles. The van der Waals surface area contributed by atoms with Gasteiger partial charge in [0.1, 0.15) is 11.9 Å². The molecule has 1 unspecified atom stereocenters. The molecule has 0 N–H and O–H groups in total. The first kappa shape index (κ1) is 17.6. The van der Waals surface area contributed by atoms with E-state index in [1.807, 2.05) is 42.3 Å². The SMILES string of the molecule is CN(C)C(=O)C(c1ccccc1)N(C)Cc1cc(Br)ccc1F. The highest BCUT2D eigenvalue weighted by Gasteiger charge is 2.27. The van der Waals surface area contributed by atoms with Crippen molar-refractivity contribution in [3.05, 3.63) is 69.9 Å². The molecule has 0 bridgehead atoms. The number of nitrogens with zero attached hydrogens (tertiary/aromatic N) is 2. The summed E-state index contributed by atoms with van der Waals surface area (Å²) in [6.45, 7) is 0.338. The van der Waals surface area contributed by atoms with E-state index in [-0.39, 0.29) is 11.7 Å². The van der Waals surface area contributed by atoms with Gasteiger partial charge in [-0.05, 0) is 30.8 Å². The van der Waals surface area contributed by atoms with Crippen LogP contribution in [0.4, 0.5) is 4.39 Å². The van der Waals surface area contributed by atoms with Gasteiger partial charge in [0.15, 0.2) is 0 Å². The number of rotatable bonds is 5. The van der Waals surface area contributed by atoms with Crippen LogP contribution in [-0.2, 0) is 11.3 Å². The summed E-state index contributed by atoms with van der Waals surface area (Å²) in [5.74, 6) is -0.307. The topological polar surface area (TPSA) is 23.6 Å². The molecule has 2 rings (SSSR count). The summed E-state index contributed by atoms with van der Waals surface area (Å²) in [5.41, 5.74) is 1.44. The highest BCUT2D eigenvalue weighted by Crippen LogP contribution is 2.25. The quantitative estimate of drug-likeness (QED) is 0.788. The molecule has 0 spiro atoms. The van der Waals surface area contributed by atoms with Gasteiger partial charge in [0.25, 0.3) is 0 Å². The summed E-state index contributed by atoms with van der Waals surface area (Å²) in [6, 6.07) is 13.9. The third-order valence-corrected chi connectivity index (χ3v) is 4.15. The third kappa shape index (κ3) is 4.39. The van der Waals surface area contributed by atoms with Crippen LogP contribution in [0.15, 0.2) is 53.0 Å². The van der Waals surface area contributed by atoms with E-state index in [0.29, 0.717) is 12.1 Å². The molecule has 1 amide bonds. The first-order valence-electron chi connectivity index (χ1n) is 7.30. The van der Waals surface area contributed by atoms with Gasteiger partial charge in [-0.1, -0.05) is 46.3 Å². The number of likely N-dealkylation sites (N-methyl/N-ethyl adjacent to an activating group) is 2. The third-order valence-electron chi connectivity index (χ3n) is 3.66. The van der Waals surface area contributed by atoms with Gasteiger partial charge in [-0.3, -0.25) is 9.69 Å². The van der Waals surface area contributed by atoms with Gasteiger partial charge < -0.3 is 4.90 Å². The molecule has 2 aromatic rings. The van der Waals surface area contributed by atoms with E-state index >= 15 is 0 Å². The van der Waals surface area contributed by atoms with Crippen LogP contribution in [0.3, 0.4) is 0 Å². The van der Waals surface area contributed by atoms with Gasteiger partial charge in [0.05, 0.1) is 0 Å². The summed E-state index contributed by atoms with van der Waals surface area (Å²) in [6.07, 6.45) is 0. The smallest absolute Gasteiger partial charge is 0.244 e. The number of carbonyl (C=O) groups excluding carboxylic acids is 1. The standard InChI is InChI=1S/C18H20BrFN2O/c1-21(2)18(23)17(13-7-5-4-6-8-13)22(3)12-14-11-15(19)9-10-16(14)20/h4-11,17H,12H2,1-3H3. The predicted molar refractivity (Wildman–Crippen MR) is 93.4 cm³/mol. The Hall–Kier alpha value is -1.72. The van der Waals surface area contributed by atoms with E-state index < -0.39 is 6.04 Å². The summed E-state index contributed by atoms with van der Waals surface area (Å²) in [7, 11) is 5.29. The molecule has 0 heterocycles. The lowest BCUT2D eigenvalue weighted by molar-refractivity contribution is -0.134. The fourth-order valence-electron chi connectivity index (χ4n) is 2.49. The van der Waals surface area contributed by atoms with Gasteiger partial charge >= 0.3 is 0 Å². The first-order chi connectivity index (χ1) is 10.9. The minimum Gasteiger partial charge on any atom is -0.347 e. The fourth-order valence-corrected chi connectivity index (χ4v) is 2.90. The Kier molecular flexibility index (Phi) is 5.91. The maximum Gasteiger partial charge on any atom is 0.244 e. The molecule has 0 fully saturated rings. The summed E-state index contributed by atoms with van der Waals surface area (Å²) >= 11 is 3.36. The van der Waals surface area contributed by atoms with Crippen molar-refractivity contribution >= 4 is 21.8 Å². The second-order valence-electron chi connectivity index (χ2n) is 5.70. The highest BCUT2D eigenvalue weighted by atomic mass is 79.9. The molecule has 122 valence electrons. The largest absolute Gasteiger partial charge is 0.347 e. The van der Waals surface area contributed by atoms with Gasteiger partial charge in [0.2, 0.25) is 5.91 Å². The van der Waals surface area contributed by atoms with Crippen molar-refractivity contribution in [3.8, 4) is 0 Å². The zero-order valence-corrected chi connectivity index (χ0v) is 15.0. The van der Waals surface area contributed by atoms with E-state index in [1.165, 1.54) is 6.07 Å². The summed E-state index contributed by atoms with van der Waals surface area (Å²) < 4.78 is 14.8. The lowest BCUT2D eigenvalue weighted by Crippen LogP contribution is -2.38. The van der Waals surface area contributed by atoms with E-state index in [4.69, 9.17) is 0 Å². The van der Waals surface area contributed by atoms with Crippen molar-refractivity contribution < 1.29 is 9.18 Å². The molecule has 0 aliphatic rings. The lowest BCUT2D eigenvalue weighted by atomic mass is 10.0. The van der Waals surface area contributed by atoms with Crippen LogP contribution in [0.25, 0.3) is 0 Å². The average Bonchev–Trinajstić information content (AvgIpc) is 2.52. The monoisotopic (exact) mass is 378 g/mol. The van der Waals surface area contributed by atoms with Gasteiger partial charge in [-0.2, -0.15) is 0 Å². The predicted octanol–water partition coefficient (Wildman–Crippen LogP) is 3.85. The molecule has 0 radical (unpaired) electrons. The molecule has 5 heteroatoms. The average molecular weight is 379 g/mol. The summed E-state index contributed by atoms with van der Waals surface area (Å²) in [5, 5.41) is 0. The molecular formula is C18H20BrFN2O. The van der Waals surface area contributed by atoms with Crippen LogP contribution >= 0.6 is 15.9 Å². The number of amides is 1. The minimum absolute atomic E-state index is 0.0332. The lowest BCUT2D eigenvalue weighted by Gasteiger charge is -2.30. The van der Waals surface area contributed by atoms with Crippen molar-refractivity contribution in [2.75, 3.05) is 21.1 Å². The zero-order valence-electron chi connectivity index (χ0n) is 13.5. The molecule has 3 nitrogen and oxygen atoms in total. The van der Waals surface area contributed by atoms with Crippen molar-refractivity contribution in [2.45, 2.75) is 12.6 Å². The Morgan fingerprint density at radius 2 is 1.78 bits per heavy atom. The molecule has 0 saturated carbocycles. The van der Waals surface area contributed by atoms with E-state index in [2.05, 4.69) is 15.9 Å². The van der Waals surface area contributed by atoms with Crippen LogP contribution in [-0.4, -0.2) is 36.9 Å². The second kappa shape index (κ2) is 7.70. The molecule has 0 aliphatic heterocycles. The molecular weight excluding hydrogens is 359 g/mol. The molecule has 2 aromatic carbocycles. The van der Waals surface area contributed by atoms with Crippen LogP contribution in [0.2, 0.25) is 0 Å². The van der Waals surface area contributed by atoms with Crippen molar-refractivity contribution in [2.24, 2.45) is 0 Å². The molecule has 23 heavy (non-hydrogen) atoms. The number of hydrogen-bond donors (Lipinski definition) is 0. The maximum atomic E-state index is 14.0. The van der Waals surface area contributed by atoms with Gasteiger partial charge in [-0.25, -0.2) is 4.39 Å². The normalized spacial score (nSPS) is 12.3. The Bertz CT molecular complexity index is 676. The Morgan fingerprint density at radius 1 is 1.13 bits per heavy atom. The minimum atomic E-state index is -0.454. The Labute approximate surface area is 144 Å². The van der Waals surface area contributed by atoms with E-state index in [1.54, 1.807) is 31.1 Å². The maximum absolute atomic E-state index is 14.0. The Balaban J connectivity index is 2.32. The van der Waals surface area contributed by atoms with E-state index in [9.17, 15) is 9.18 Å². The van der Waals surface area contributed by atoms with Crippen molar-refractivity contribution in [1.82, 2.24) is 9.80 Å². The zero-order chi connectivity index (χ0) is 17.0. The second-order valence-corrected chi connectivity index (χ2v) is 6.61. The number of hydrogen-bond acceptors (Lipinski definition) is 2. The van der Waals surface area contributed by atoms with E-state index in [0.717, 1.165) is 10.0 Å². The molecule has 1 atom stereocenters. The number of halogens is 2. The van der Waals surface area contributed by atoms with Crippen LogP contribution < -0.4 is 0 Å². The first-order valence-corrected chi connectivity index (χ1v) is 8.09. The number of carbonyl (C=O) groups is 1. The summed E-state index contributed by atoms with van der Waals surface area (Å²) in [4.78, 5) is 16.0. The molecule has 0 aromatic heterocycles. The molecule has 0 aliphatic carbocycles. The van der Waals surface area contributed by atoms with Gasteiger partial charge in [0, 0.05) is 30.7 Å². The van der Waals surface area contributed by atoms with Crippen LogP contribution in [0.5, 0.6) is 0 Å². The van der Waals surface area contributed by atoms with Crippen LogP contribution in [0.1, 0.15) is 17.2 Å². The van der Waals surface area contributed by atoms with Crippen molar-refractivity contribution in [3.63, 3.8) is 0 Å². The number of benzene rings is 2. The van der Waals surface area contributed by atoms with Crippen molar-refractivity contribution in [1.29, 1.82) is 0 Å². The fraction of sp³-hybridized carbons (Fsp3) is 0.278.